The van der Waals surface area contributed by atoms with E-state index in [4.69, 9.17) is 0 Å². The lowest BCUT2D eigenvalue weighted by molar-refractivity contribution is -0.417. The third-order valence-corrected chi connectivity index (χ3v) is 2.53. The second kappa shape index (κ2) is 4.19. The van der Waals surface area contributed by atoms with Gasteiger partial charge in [-0.05, 0) is 6.26 Å². The predicted molar refractivity (Wildman–Crippen MR) is 39.0 cm³/mol. The van der Waals surface area contributed by atoms with E-state index in [1.54, 1.807) is 0 Å². The van der Waals surface area contributed by atoms with Gasteiger partial charge < -0.3 is 0 Å². The van der Waals surface area contributed by atoms with Crippen LogP contribution in [0.4, 0.5) is 39.5 Å². The topological polar surface area (TPSA) is 0 Å². The molecular formula is C6H5F9S. The normalized spacial score (nSPS) is 15.4. The molecule has 0 saturated carbocycles. The molecular weight excluding hydrogens is 275 g/mol. The zero-order valence-electron chi connectivity index (χ0n) is 7.52. The first kappa shape index (κ1) is 15.7. The molecule has 0 aliphatic carbocycles. The van der Waals surface area contributed by atoms with Gasteiger partial charge in [0, 0.05) is 5.75 Å². The maximum absolute atomic E-state index is 12.1. The van der Waals surface area contributed by atoms with Crippen LogP contribution in [0.15, 0.2) is 0 Å². The minimum absolute atomic E-state index is 0.171. The van der Waals surface area contributed by atoms with Crippen molar-refractivity contribution in [1.82, 2.24) is 0 Å². The summed E-state index contributed by atoms with van der Waals surface area (Å²) in [6.45, 7) is 0. The van der Waals surface area contributed by atoms with Gasteiger partial charge in [-0.1, -0.05) is 0 Å². The largest absolute Gasteiger partial charge is 0.412 e. The molecule has 0 unspecified atom stereocenters. The highest BCUT2D eigenvalue weighted by Crippen LogP contribution is 2.60. The molecule has 0 aliphatic heterocycles. The highest BCUT2D eigenvalue weighted by molar-refractivity contribution is 7.98. The first-order valence-electron chi connectivity index (χ1n) is 3.50. The van der Waals surface area contributed by atoms with Crippen molar-refractivity contribution < 1.29 is 39.5 Å². The Balaban J connectivity index is 5.82. The lowest BCUT2D eigenvalue weighted by Crippen LogP contribution is -2.61. The standard InChI is InChI=1S/C6H5F9S/c1-16-2-3(4(7,8)9,5(10,11)12)6(13,14)15/h2H2,1H3. The Morgan fingerprint density at radius 3 is 1.00 bits per heavy atom. The van der Waals surface area contributed by atoms with Crippen molar-refractivity contribution in [3.05, 3.63) is 0 Å². The van der Waals surface area contributed by atoms with Crippen LogP contribution in [0.2, 0.25) is 0 Å². The van der Waals surface area contributed by atoms with Crippen molar-refractivity contribution in [3.8, 4) is 0 Å². The second-order valence-corrected chi connectivity index (χ2v) is 3.70. The third-order valence-electron chi connectivity index (χ3n) is 1.81. The van der Waals surface area contributed by atoms with E-state index < -0.39 is 29.7 Å². The zero-order chi connectivity index (χ0) is 13.4. The summed E-state index contributed by atoms with van der Waals surface area (Å²) < 4.78 is 109. The van der Waals surface area contributed by atoms with Crippen molar-refractivity contribution in [2.24, 2.45) is 5.41 Å². The van der Waals surface area contributed by atoms with E-state index in [0.29, 0.717) is 0 Å². The third kappa shape index (κ3) is 2.35. The zero-order valence-corrected chi connectivity index (χ0v) is 8.33. The molecule has 0 rings (SSSR count). The SMILES string of the molecule is CSCC(C(F)(F)F)(C(F)(F)F)C(F)(F)F. The number of hydrogen-bond acceptors (Lipinski definition) is 1. The summed E-state index contributed by atoms with van der Waals surface area (Å²) in [5.74, 6) is -2.15. The highest BCUT2D eigenvalue weighted by Gasteiger charge is 2.83. The minimum Gasteiger partial charge on any atom is -0.170 e. The van der Waals surface area contributed by atoms with Gasteiger partial charge in [-0.3, -0.25) is 0 Å². The first-order chi connectivity index (χ1) is 6.81. The van der Waals surface area contributed by atoms with E-state index in [-0.39, 0.29) is 11.8 Å². The van der Waals surface area contributed by atoms with Crippen molar-refractivity contribution in [2.75, 3.05) is 12.0 Å². The number of hydrogen-bond donors (Lipinski definition) is 0. The van der Waals surface area contributed by atoms with Gasteiger partial charge in [0.2, 0.25) is 0 Å². The van der Waals surface area contributed by atoms with Crippen molar-refractivity contribution in [1.29, 1.82) is 0 Å². The van der Waals surface area contributed by atoms with Crippen molar-refractivity contribution >= 4 is 11.8 Å². The highest BCUT2D eigenvalue weighted by atomic mass is 32.2. The molecule has 0 aliphatic rings. The molecule has 0 fully saturated rings. The molecule has 0 aromatic heterocycles. The van der Waals surface area contributed by atoms with Crippen LogP contribution < -0.4 is 0 Å². The Kier molecular flexibility index (Phi) is 4.12. The molecule has 16 heavy (non-hydrogen) atoms. The summed E-state index contributed by atoms with van der Waals surface area (Å²) in [6, 6.07) is 0. The van der Waals surface area contributed by atoms with Crippen LogP contribution in [0.25, 0.3) is 0 Å². The van der Waals surface area contributed by atoms with Crippen LogP contribution in [-0.2, 0) is 0 Å². The van der Waals surface area contributed by atoms with Crippen LogP contribution in [0.5, 0.6) is 0 Å². The Morgan fingerprint density at radius 1 is 0.688 bits per heavy atom. The van der Waals surface area contributed by atoms with E-state index >= 15 is 0 Å². The number of thioether (sulfide) groups is 1. The van der Waals surface area contributed by atoms with Gasteiger partial charge in [0.05, 0.1) is 0 Å². The quantitative estimate of drug-likeness (QED) is 0.688. The predicted octanol–water partition coefficient (Wildman–Crippen LogP) is 4.02. The van der Waals surface area contributed by atoms with Gasteiger partial charge in [-0.15, -0.1) is 0 Å². The Hall–Kier alpha value is -0.280. The molecule has 0 atom stereocenters. The fourth-order valence-electron chi connectivity index (χ4n) is 0.944. The fraction of sp³-hybridized carbons (Fsp3) is 1.00. The average Bonchev–Trinajstić information content (AvgIpc) is 1.91. The molecule has 0 bridgehead atoms. The van der Waals surface area contributed by atoms with Crippen LogP contribution >= 0.6 is 11.8 Å². The van der Waals surface area contributed by atoms with E-state index in [1.165, 1.54) is 0 Å². The summed E-state index contributed by atoms with van der Waals surface area (Å²) in [4.78, 5) is 0. The Morgan fingerprint density at radius 2 is 0.938 bits per heavy atom. The molecule has 0 heterocycles. The van der Waals surface area contributed by atoms with Gasteiger partial charge in [-0.25, -0.2) is 0 Å². The van der Waals surface area contributed by atoms with Crippen LogP contribution in [-0.4, -0.2) is 30.5 Å². The molecule has 0 nitrogen and oxygen atoms in total. The molecule has 0 saturated heterocycles. The maximum atomic E-state index is 12.1. The van der Waals surface area contributed by atoms with Crippen molar-refractivity contribution in [3.63, 3.8) is 0 Å². The fourth-order valence-corrected chi connectivity index (χ4v) is 1.87. The Labute approximate surface area is 88.2 Å². The average molecular weight is 280 g/mol. The number of halogens is 9. The summed E-state index contributed by atoms with van der Waals surface area (Å²) in [6.07, 6.45) is -18.6. The summed E-state index contributed by atoms with van der Waals surface area (Å²) >= 11 is -0.171. The van der Waals surface area contributed by atoms with E-state index in [0.717, 1.165) is 6.26 Å². The second-order valence-electron chi connectivity index (χ2n) is 2.83. The van der Waals surface area contributed by atoms with Gasteiger partial charge in [-0.2, -0.15) is 51.3 Å². The molecule has 0 radical (unpaired) electrons. The summed E-state index contributed by atoms with van der Waals surface area (Å²) in [7, 11) is 0. The van der Waals surface area contributed by atoms with Gasteiger partial charge in [0.1, 0.15) is 0 Å². The van der Waals surface area contributed by atoms with Gasteiger partial charge in [0.15, 0.2) is 0 Å². The molecule has 0 N–H and O–H groups in total. The molecule has 98 valence electrons. The van der Waals surface area contributed by atoms with Crippen molar-refractivity contribution in [2.45, 2.75) is 18.5 Å². The van der Waals surface area contributed by atoms with Crippen LogP contribution in [0.3, 0.4) is 0 Å². The molecule has 0 spiro atoms. The van der Waals surface area contributed by atoms with E-state index in [1.807, 2.05) is 0 Å². The smallest absolute Gasteiger partial charge is 0.170 e. The monoisotopic (exact) mass is 280 g/mol. The number of alkyl halides is 9. The van der Waals surface area contributed by atoms with E-state index in [9.17, 15) is 39.5 Å². The van der Waals surface area contributed by atoms with Gasteiger partial charge in [0.25, 0.3) is 5.41 Å². The molecule has 10 heteroatoms. The first-order valence-corrected chi connectivity index (χ1v) is 4.90. The van der Waals surface area contributed by atoms with E-state index in [2.05, 4.69) is 0 Å². The van der Waals surface area contributed by atoms with Crippen LogP contribution in [0, 0.1) is 5.41 Å². The summed E-state index contributed by atoms with van der Waals surface area (Å²) in [5.41, 5.74) is -5.67. The lowest BCUT2D eigenvalue weighted by atomic mass is 9.88. The molecule has 0 aromatic carbocycles. The Bertz CT molecular complexity index is 198. The molecule has 0 aromatic rings. The number of rotatable bonds is 2. The van der Waals surface area contributed by atoms with Gasteiger partial charge >= 0.3 is 18.5 Å². The maximum Gasteiger partial charge on any atom is 0.412 e. The van der Waals surface area contributed by atoms with Crippen LogP contribution in [0.1, 0.15) is 0 Å². The minimum atomic E-state index is -6.44. The lowest BCUT2D eigenvalue weighted by Gasteiger charge is -2.37. The summed E-state index contributed by atoms with van der Waals surface area (Å²) in [5, 5.41) is 0. The molecule has 0 amide bonds.